The lowest BCUT2D eigenvalue weighted by molar-refractivity contribution is -0.140. The molecule has 2 aliphatic heterocycles. The molecule has 0 spiro atoms. The summed E-state index contributed by atoms with van der Waals surface area (Å²) < 4.78 is 0. The number of aldehydes is 2. The maximum atomic E-state index is 13.7. The molecule has 8 rings (SSSR count). The molecule has 2 aromatic heterocycles. The van der Waals surface area contributed by atoms with Gasteiger partial charge >= 0.3 is 0 Å². The van der Waals surface area contributed by atoms with Crippen molar-refractivity contribution in [3.05, 3.63) is 129 Å². The molecular weight excluding hydrogens is 1030 g/mol. The van der Waals surface area contributed by atoms with Crippen LogP contribution in [0.2, 0.25) is 0 Å². The molecule has 4 heterocycles. The summed E-state index contributed by atoms with van der Waals surface area (Å²) in [5, 5.41) is 22.5. The summed E-state index contributed by atoms with van der Waals surface area (Å²) in [6.45, 7) is 21.4. The molecule has 0 saturated carbocycles. The van der Waals surface area contributed by atoms with E-state index < -0.39 is 22.9 Å². The number of rotatable bonds is 15. The lowest BCUT2D eigenvalue weighted by Crippen LogP contribution is -2.56. The van der Waals surface area contributed by atoms with E-state index in [9.17, 15) is 28.8 Å². The minimum atomic E-state index is -0.681. The smallest absolute Gasteiger partial charge is 0.251 e. The molecule has 7 N–H and O–H groups in total. The normalized spacial score (nSPS) is 17.4. The number of likely N-dealkylation sites (N-methyl/N-ethyl adjacent to an activating group) is 3. The van der Waals surface area contributed by atoms with Crippen LogP contribution in [0.3, 0.4) is 0 Å². The van der Waals surface area contributed by atoms with Gasteiger partial charge < -0.3 is 46.9 Å². The standard InChI is InChI=1S/C31H32N4O3S.C23H33N5O2S.C3H7NO.2C2H6/c1-31(2,3)27(32)30(38)35-16-24(15-26(35)29-34-25(18-39-29)20-7-5-4-6-8-20)33-28(37)23-12-11-21-13-19(17-36)9-10-22(21)14-23;1-23(2,3)20(27-19(29)12-24-4)22(30)28-13-16(25-5)11-18(28)21-26-17(14-31-21)15-9-7-6-8-10-15;1-4-2-3-5;2*1-2/h4-14,17-18,24,26-27H,15-16,32H2,1-3H3,(H,33,37);6-10,14,16,18,20,24-25H,11-13H2,1-5H3,(H,27,29);3-4H,2H2,1H3;2*1-2H3. The molecule has 18 heteroatoms. The Balaban J connectivity index is 0.000000302. The molecule has 6 unspecified atom stereocenters. The number of nitrogens with two attached hydrogens (primary N) is 1. The van der Waals surface area contributed by atoms with Gasteiger partial charge in [-0.05, 0) is 73.8 Å². The fraction of sp³-hybridized carbons (Fsp3) is 0.443. The van der Waals surface area contributed by atoms with Gasteiger partial charge in [0.25, 0.3) is 5.91 Å². The van der Waals surface area contributed by atoms with Crippen LogP contribution in [0, 0.1) is 10.8 Å². The first-order valence-electron chi connectivity index (χ1n) is 27.2. The van der Waals surface area contributed by atoms with E-state index >= 15 is 0 Å². The summed E-state index contributed by atoms with van der Waals surface area (Å²) in [6.07, 6.45) is 2.97. The topological polar surface area (TPSA) is 221 Å². The van der Waals surface area contributed by atoms with Crippen LogP contribution in [0.5, 0.6) is 0 Å². The summed E-state index contributed by atoms with van der Waals surface area (Å²) in [5.74, 6) is -0.593. The first-order chi connectivity index (χ1) is 37.8. The van der Waals surface area contributed by atoms with Crippen LogP contribution < -0.4 is 32.3 Å². The van der Waals surface area contributed by atoms with Gasteiger partial charge in [0.1, 0.15) is 28.6 Å². The van der Waals surface area contributed by atoms with Crippen LogP contribution in [-0.4, -0.2) is 127 Å². The number of nitrogens with one attached hydrogen (secondary N) is 5. The van der Waals surface area contributed by atoms with Crippen molar-refractivity contribution in [3.8, 4) is 22.5 Å². The Hall–Kier alpha value is -6.54. The van der Waals surface area contributed by atoms with Gasteiger partial charge in [-0.2, -0.15) is 0 Å². The van der Waals surface area contributed by atoms with Crippen molar-refractivity contribution in [2.24, 2.45) is 16.6 Å². The molecule has 2 fully saturated rings. The van der Waals surface area contributed by atoms with Crippen molar-refractivity contribution in [3.63, 3.8) is 0 Å². The van der Waals surface area contributed by atoms with Crippen LogP contribution >= 0.6 is 22.7 Å². The summed E-state index contributed by atoms with van der Waals surface area (Å²) in [4.78, 5) is 86.7. The highest BCUT2D eigenvalue weighted by atomic mass is 32.1. The predicted octanol–water partition coefficient (Wildman–Crippen LogP) is 9.10. The summed E-state index contributed by atoms with van der Waals surface area (Å²) in [6, 6.07) is 29.0. The van der Waals surface area contributed by atoms with Crippen molar-refractivity contribution in [2.45, 2.75) is 118 Å². The Bertz CT molecular complexity index is 2880. The third-order valence-corrected chi connectivity index (χ3v) is 15.1. The van der Waals surface area contributed by atoms with Crippen molar-refractivity contribution in [2.75, 3.05) is 47.3 Å². The van der Waals surface area contributed by atoms with Crippen LogP contribution in [-0.2, 0) is 19.2 Å². The molecule has 6 atom stereocenters. The Morgan fingerprint density at radius 2 is 1.18 bits per heavy atom. The van der Waals surface area contributed by atoms with Crippen LogP contribution in [0.4, 0.5) is 0 Å². The van der Waals surface area contributed by atoms with Crippen molar-refractivity contribution in [1.29, 1.82) is 0 Å². The second-order valence-corrected chi connectivity index (χ2v) is 22.7. The zero-order chi connectivity index (χ0) is 58.5. The van der Waals surface area contributed by atoms with Gasteiger partial charge in [0.2, 0.25) is 17.7 Å². The van der Waals surface area contributed by atoms with Gasteiger partial charge in [-0.15, -0.1) is 22.7 Å². The maximum Gasteiger partial charge on any atom is 0.251 e. The second kappa shape index (κ2) is 31.3. The van der Waals surface area contributed by atoms with E-state index in [1.165, 1.54) is 11.3 Å². The highest BCUT2D eigenvalue weighted by molar-refractivity contribution is 7.10. The van der Waals surface area contributed by atoms with Crippen molar-refractivity contribution < 1.29 is 28.8 Å². The lowest BCUT2D eigenvalue weighted by Gasteiger charge is -2.35. The number of benzene rings is 4. The SMILES string of the molecule is CC.CC.CC(C)(C)C(N)C(=O)N1CC(NC(=O)c2ccc3cc(C=O)ccc3c2)CC1c1nc(-c2ccccc2)cs1.CNCC(=O)NC(C(=O)N1CC(NC)CC1c1nc(-c2ccccc2)cs1)C(C)(C)C.CNCC=O. The van der Waals surface area contributed by atoms with E-state index in [-0.39, 0.29) is 54.3 Å². The lowest BCUT2D eigenvalue weighted by atomic mass is 9.85. The van der Waals surface area contributed by atoms with Gasteiger partial charge in [-0.1, -0.05) is 148 Å². The van der Waals surface area contributed by atoms with Gasteiger partial charge in [0, 0.05) is 58.2 Å². The Morgan fingerprint density at radius 3 is 1.65 bits per heavy atom. The molecule has 2 saturated heterocycles. The highest BCUT2D eigenvalue weighted by Crippen LogP contribution is 2.39. The zero-order valence-corrected chi connectivity index (χ0v) is 50.0. The van der Waals surface area contributed by atoms with E-state index in [2.05, 4.69) is 32.0 Å². The molecule has 79 heavy (non-hydrogen) atoms. The minimum absolute atomic E-state index is 0.0591. The van der Waals surface area contributed by atoms with Gasteiger partial charge in [0.05, 0.1) is 42.6 Å². The summed E-state index contributed by atoms with van der Waals surface area (Å²) in [7, 11) is 5.37. The molecule has 4 aromatic carbocycles. The van der Waals surface area contributed by atoms with Crippen LogP contribution in [0.15, 0.2) is 108 Å². The third-order valence-electron chi connectivity index (χ3n) is 13.2. The molecular formula is C61H84N10O6S2. The van der Waals surface area contributed by atoms with Crippen molar-refractivity contribution >= 4 is 69.6 Å². The number of hydrogen-bond donors (Lipinski definition) is 6. The second-order valence-electron chi connectivity index (χ2n) is 20.9. The molecule has 0 radical (unpaired) electrons. The number of aromatic nitrogens is 2. The van der Waals surface area contributed by atoms with E-state index in [0.29, 0.717) is 37.2 Å². The fourth-order valence-corrected chi connectivity index (χ4v) is 10.8. The predicted molar refractivity (Wildman–Crippen MR) is 322 cm³/mol. The first-order valence-corrected chi connectivity index (χ1v) is 28.9. The maximum absolute atomic E-state index is 13.7. The summed E-state index contributed by atoms with van der Waals surface area (Å²) >= 11 is 3.11. The zero-order valence-electron chi connectivity index (χ0n) is 48.4. The number of likely N-dealkylation sites (tertiary alicyclic amines) is 2. The molecule has 2 aliphatic rings. The number of amides is 4. The van der Waals surface area contributed by atoms with Crippen molar-refractivity contribution in [1.82, 2.24) is 46.4 Å². The quantitative estimate of drug-likeness (QED) is 0.0531. The first kappa shape index (κ1) is 65.0. The molecule has 0 aliphatic carbocycles. The Morgan fingerprint density at radius 1 is 0.671 bits per heavy atom. The summed E-state index contributed by atoms with van der Waals surface area (Å²) in [5.41, 5.74) is 10.6. The largest absolute Gasteiger partial charge is 0.347 e. The van der Waals surface area contributed by atoms with E-state index in [1.54, 1.807) is 48.5 Å². The van der Waals surface area contributed by atoms with Gasteiger partial charge in [0.15, 0.2) is 0 Å². The number of fused-ring (bicyclic) bond motifs is 1. The molecule has 6 aromatic rings. The van der Waals surface area contributed by atoms with E-state index in [4.69, 9.17) is 15.7 Å². The number of thiazole rings is 2. The Kier molecular flexibility index (Phi) is 25.7. The van der Waals surface area contributed by atoms with Crippen LogP contribution in [0.1, 0.15) is 125 Å². The molecule has 16 nitrogen and oxygen atoms in total. The number of nitrogens with zero attached hydrogens (tertiary/aromatic N) is 4. The molecule has 426 valence electrons. The number of hydrogen-bond acceptors (Lipinski definition) is 14. The third kappa shape index (κ3) is 18.0. The van der Waals surface area contributed by atoms with Gasteiger partial charge in [-0.25, -0.2) is 9.97 Å². The molecule has 0 bridgehead atoms. The molecule has 4 amide bonds. The number of carbonyl (C=O) groups is 6. The van der Waals surface area contributed by atoms with E-state index in [0.717, 1.165) is 62.3 Å². The average molecular weight is 1120 g/mol. The van der Waals surface area contributed by atoms with Crippen LogP contribution in [0.25, 0.3) is 33.3 Å². The fourth-order valence-electron chi connectivity index (χ4n) is 8.87. The highest BCUT2D eigenvalue weighted by Gasteiger charge is 2.44. The number of carbonyl (C=O) groups excluding carboxylic acids is 6. The average Bonchev–Trinajstić information content (AvgIpc) is 4.48. The monoisotopic (exact) mass is 1120 g/mol. The van der Waals surface area contributed by atoms with Gasteiger partial charge in [-0.3, -0.25) is 24.0 Å². The minimum Gasteiger partial charge on any atom is -0.347 e. The Labute approximate surface area is 476 Å². The van der Waals surface area contributed by atoms with E-state index in [1.807, 2.05) is 165 Å².